The highest BCUT2D eigenvalue weighted by Gasteiger charge is 2.34. The highest BCUT2D eigenvalue weighted by atomic mass is 32.1. The number of aromatic nitrogens is 4. The molecule has 0 spiro atoms. The average molecular weight is 534 g/mol. The summed E-state index contributed by atoms with van der Waals surface area (Å²) in [4.78, 5) is 24.9. The lowest BCUT2D eigenvalue weighted by molar-refractivity contribution is -0.139. The molecule has 14 heteroatoms. The maximum atomic E-state index is 13.5. The number of alkyl halides is 3. The molecule has 2 aromatic carbocycles. The second-order valence-electron chi connectivity index (χ2n) is 7.79. The van der Waals surface area contributed by atoms with Crippen LogP contribution in [0.25, 0.3) is 11.4 Å². The Labute approximate surface area is 211 Å². The minimum atomic E-state index is -4.86. The number of amides is 1. The van der Waals surface area contributed by atoms with E-state index in [9.17, 15) is 22.4 Å². The summed E-state index contributed by atoms with van der Waals surface area (Å²) in [6, 6.07) is 10.4. The van der Waals surface area contributed by atoms with Gasteiger partial charge in [0.1, 0.15) is 23.8 Å². The van der Waals surface area contributed by atoms with Crippen molar-refractivity contribution in [3.63, 3.8) is 0 Å². The normalized spacial score (nSPS) is 12.2. The van der Waals surface area contributed by atoms with E-state index in [1.165, 1.54) is 6.33 Å². The van der Waals surface area contributed by atoms with Crippen LogP contribution in [0.15, 0.2) is 54.9 Å². The third-order valence-corrected chi connectivity index (χ3v) is 5.56. The van der Waals surface area contributed by atoms with Crippen LogP contribution in [0.1, 0.15) is 22.8 Å². The fourth-order valence-corrected chi connectivity index (χ4v) is 3.68. The highest BCUT2D eigenvalue weighted by molar-refractivity contribution is 7.10. The van der Waals surface area contributed by atoms with Crippen molar-refractivity contribution in [1.29, 1.82) is 0 Å². The lowest BCUT2D eigenvalue weighted by Gasteiger charge is -2.12. The maximum absolute atomic E-state index is 13.5. The summed E-state index contributed by atoms with van der Waals surface area (Å²) in [7, 11) is 0. The van der Waals surface area contributed by atoms with E-state index >= 15 is 0 Å². The van der Waals surface area contributed by atoms with Crippen LogP contribution in [0.5, 0.6) is 0 Å². The van der Waals surface area contributed by atoms with E-state index in [1.54, 1.807) is 37.3 Å². The van der Waals surface area contributed by atoms with Gasteiger partial charge in [0.2, 0.25) is 5.13 Å². The third-order valence-electron chi connectivity index (χ3n) is 4.93. The third kappa shape index (κ3) is 6.54. The van der Waals surface area contributed by atoms with Crippen molar-refractivity contribution in [3.05, 3.63) is 71.8 Å². The molecule has 0 bridgehead atoms. The van der Waals surface area contributed by atoms with E-state index in [2.05, 4.69) is 35.3 Å². The zero-order chi connectivity index (χ0) is 26.6. The number of aliphatic hydroxyl groups excluding tert-OH is 1. The molecular weight excluding hydrogens is 514 g/mol. The van der Waals surface area contributed by atoms with Gasteiger partial charge in [-0.05, 0) is 49.4 Å². The van der Waals surface area contributed by atoms with Gasteiger partial charge in [0, 0.05) is 40.5 Å². The molecule has 0 aliphatic heterocycles. The Hall–Kier alpha value is -4.17. The number of halogens is 4. The first-order valence-electron chi connectivity index (χ1n) is 10.7. The molecular formula is C23H19F4N7O2S. The van der Waals surface area contributed by atoms with Gasteiger partial charge in [-0.15, -0.1) is 0 Å². The number of carbonyl (C=O) groups excluding carboxylic acids is 1. The average Bonchev–Trinajstić information content (AvgIpc) is 3.32. The quantitative estimate of drug-likeness (QED) is 0.235. The molecule has 0 unspecified atom stereocenters. The summed E-state index contributed by atoms with van der Waals surface area (Å²) in [5.74, 6) is -0.947. The Kier molecular flexibility index (Phi) is 7.59. The summed E-state index contributed by atoms with van der Waals surface area (Å²) in [6.07, 6.45) is -3.50. The van der Waals surface area contributed by atoms with E-state index in [0.717, 1.165) is 17.6 Å². The highest BCUT2D eigenvalue weighted by Crippen LogP contribution is 2.34. The molecule has 2 aromatic heterocycles. The van der Waals surface area contributed by atoms with Gasteiger partial charge in [0.25, 0.3) is 5.91 Å². The molecule has 0 saturated carbocycles. The lowest BCUT2D eigenvalue weighted by atomic mass is 10.1. The number of nitrogens with one attached hydrogen (secondary N) is 3. The van der Waals surface area contributed by atoms with Crippen LogP contribution >= 0.6 is 11.5 Å². The van der Waals surface area contributed by atoms with Gasteiger partial charge in [-0.25, -0.2) is 14.4 Å². The molecule has 1 amide bonds. The lowest BCUT2D eigenvalue weighted by Crippen LogP contribution is -2.20. The minimum Gasteiger partial charge on any atom is -0.394 e. The van der Waals surface area contributed by atoms with E-state index in [4.69, 9.17) is 5.11 Å². The van der Waals surface area contributed by atoms with Crippen LogP contribution in [0.4, 0.5) is 40.0 Å². The first-order valence-corrected chi connectivity index (χ1v) is 11.5. The van der Waals surface area contributed by atoms with Gasteiger partial charge in [-0.1, -0.05) is 0 Å². The molecule has 1 atom stereocenters. The smallest absolute Gasteiger partial charge is 0.394 e. The van der Waals surface area contributed by atoms with Gasteiger partial charge in [0.05, 0.1) is 12.2 Å². The molecule has 2 heterocycles. The number of aliphatic hydroxyl groups is 1. The van der Waals surface area contributed by atoms with Gasteiger partial charge < -0.3 is 15.7 Å². The van der Waals surface area contributed by atoms with Crippen molar-refractivity contribution in [2.45, 2.75) is 19.1 Å². The van der Waals surface area contributed by atoms with Crippen molar-refractivity contribution >= 4 is 39.9 Å². The largest absolute Gasteiger partial charge is 0.419 e. The minimum absolute atomic E-state index is 0.0326. The molecule has 0 saturated heterocycles. The van der Waals surface area contributed by atoms with Crippen molar-refractivity contribution in [1.82, 2.24) is 19.3 Å². The molecule has 0 aliphatic rings. The van der Waals surface area contributed by atoms with Crippen molar-refractivity contribution in [2.24, 2.45) is 0 Å². The molecule has 37 heavy (non-hydrogen) atoms. The summed E-state index contributed by atoms with van der Waals surface area (Å²) in [6.45, 7) is 1.74. The predicted molar refractivity (Wildman–Crippen MR) is 130 cm³/mol. The van der Waals surface area contributed by atoms with Gasteiger partial charge in [0.15, 0.2) is 5.82 Å². The Balaban J connectivity index is 1.41. The predicted octanol–water partition coefficient (Wildman–Crippen LogP) is 4.94. The first-order chi connectivity index (χ1) is 17.6. The van der Waals surface area contributed by atoms with E-state index < -0.39 is 23.5 Å². The molecule has 4 aromatic rings. The van der Waals surface area contributed by atoms with E-state index in [0.29, 0.717) is 35.0 Å². The van der Waals surface area contributed by atoms with Gasteiger partial charge in [-0.2, -0.15) is 22.5 Å². The second-order valence-corrected chi connectivity index (χ2v) is 8.54. The Morgan fingerprint density at radius 1 is 1.08 bits per heavy atom. The topological polar surface area (TPSA) is 125 Å². The van der Waals surface area contributed by atoms with E-state index in [1.807, 2.05) is 0 Å². The summed E-state index contributed by atoms with van der Waals surface area (Å²) < 4.78 is 56.4. The Morgan fingerprint density at radius 2 is 1.81 bits per heavy atom. The number of anilines is 4. The summed E-state index contributed by atoms with van der Waals surface area (Å²) in [5, 5.41) is 17.9. The first kappa shape index (κ1) is 25.9. The Bertz CT molecular complexity index is 1400. The fraction of sp³-hybridized carbons (Fsp3) is 0.174. The number of hydrogen-bond acceptors (Lipinski definition) is 9. The van der Waals surface area contributed by atoms with Crippen molar-refractivity contribution in [2.75, 3.05) is 22.6 Å². The maximum Gasteiger partial charge on any atom is 0.419 e. The van der Waals surface area contributed by atoms with Gasteiger partial charge in [-0.3, -0.25) is 10.1 Å². The summed E-state index contributed by atoms with van der Waals surface area (Å²) >= 11 is 0.781. The van der Waals surface area contributed by atoms with Crippen LogP contribution in [0, 0.1) is 5.82 Å². The van der Waals surface area contributed by atoms with Crippen molar-refractivity contribution < 1.29 is 27.5 Å². The molecule has 4 N–H and O–H groups in total. The van der Waals surface area contributed by atoms with Crippen LogP contribution in [0.3, 0.4) is 0 Å². The number of nitrogens with zero attached hydrogens (tertiary/aromatic N) is 4. The molecule has 192 valence electrons. The second kappa shape index (κ2) is 10.8. The molecule has 0 aliphatic carbocycles. The Morgan fingerprint density at radius 3 is 2.51 bits per heavy atom. The molecule has 4 rings (SSSR count). The molecule has 0 fully saturated rings. The van der Waals surface area contributed by atoms with Gasteiger partial charge >= 0.3 is 6.18 Å². The number of benzene rings is 2. The summed E-state index contributed by atoms with van der Waals surface area (Å²) in [5.41, 5.74) is -0.514. The van der Waals surface area contributed by atoms with Crippen LogP contribution < -0.4 is 16.0 Å². The number of rotatable bonds is 8. The number of hydrogen-bond donors (Lipinski definition) is 4. The number of carbonyl (C=O) groups is 1. The van der Waals surface area contributed by atoms with E-state index in [-0.39, 0.29) is 29.2 Å². The standard InChI is InChI=1S/C23H19F4N7O2S/c1-12(10-35)30-18-9-19(29-11-28-18)31-15-5-2-13(3-6-15)21(36)33-22-32-20(34-37-22)14-4-7-17(24)16(8-14)23(25,26)27/h2-9,11-12,35H,10H2,1H3,(H2,28,29,30,31)(H,32,33,34,36)/t12-/m0/s1. The zero-order valence-corrected chi connectivity index (χ0v) is 19.9. The monoisotopic (exact) mass is 533 g/mol. The molecule has 9 nitrogen and oxygen atoms in total. The SMILES string of the molecule is C[C@@H](CO)Nc1cc(Nc2ccc(C(=O)Nc3nc(-c4ccc(F)c(C(F)(F)F)c4)ns3)cc2)ncn1. The van der Waals surface area contributed by atoms with Crippen molar-refractivity contribution in [3.8, 4) is 11.4 Å². The molecule has 0 radical (unpaired) electrons. The van der Waals surface area contributed by atoms with Crippen LogP contribution in [-0.2, 0) is 6.18 Å². The zero-order valence-electron chi connectivity index (χ0n) is 19.0. The van der Waals surface area contributed by atoms with Crippen LogP contribution in [0.2, 0.25) is 0 Å². The fourth-order valence-electron chi connectivity index (χ4n) is 3.10. The van der Waals surface area contributed by atoms with Crippen LogP contribution in [-0.4, -0.2) is 43.0 Å².